The number of nitrogens with zero attached hydrogens (tertiary/aromatic N) is 5. The monoisotopic (exact) mass is 389 g/mol. The smallest absolute Gasteiger partial charge is 0.273 e. The van der Waals surface area contributed by atoms with E-state index in [1.54, 1.807) is 36.7 Å². The molecule has 2 heterocycles. The zero-order valence-electron chi connectivity index (χ0n) is 17.2. The van der Waals surface area contributed by atoms with Gasteiger partial charge in [0.2, 0.25) is 0 Å². The van der Waals surface area contributed by atoms with Crippen molar-refractivity contribution in [1.82, 2.24) is 19.9 Å². The van der Waals surface area contributed by atoms with Crippen LogP contribution in [0.25, 0.3) is 0 Å². The van der Waals surface area contributed by atoms with Crippen LogP contribution < -0.4 is 4.90 Å². The van der Waals surface area contributed by atoms with Crippen molar-refractivity contribution in [3.05, 3.63) is 84.1 Å². The van der Waals surface area contributed by atoms with Crippen LogP contribution in [-0.4, -0.2) is 45.4 Å². The number of carbonyl (C=O) groups excluding carboxylic acids is 1. The van der Waals surface area contributed by atoms with Crippen molar-refractivity contribution < 1.29 is 4.79 Å². The molecule has 0 saturated carbocycles. The fraction of sp³-hybridized carbons (Fsp3) is 0.304. The van der Waals surface area contributed by atoms with E-state index in [2.05, 4.69) is 45.8 Å². The van der Waals surface area contributed by atoms with E-state index < -0.39 is 0 Å². The van der Waals surface area contributed by atoms with Crippen LogP contribution in [0.1, 0.15) is 35.5 Å². The minimum atomic E-state index is -0.128. The van der Waals surface area contributed by atoms with Gasteiger partial charge < -0.3 is 9.80 Å². The molecule has 0 N–H and O–H groups in total. The van der Waals surface area contributed by atoms with Crippen LogP contribution >= 0.6 is 0 Å². The van der Waals surface area contributed by atoms with Crippen molar-refractivity contribution in [2.45, 2.75) is 32.9 Å². The third-order valence-corrected chi connectivity index (χ3v) is 4.80. The van der Waals surface area contributed by atoms with E-state index in [0.717, 1.165) is 24.3 Å². The first-order chi connectivity index (χ1) is 14.0. The second-order valence-electron chi connectivity index (χ2n) is 7.30. The van der Waals surface area contributed by atoms with Crippen molar-refractivity contribution in [1.29, 1.82) is 0 Å². The molecule has 0 radical (unpaired) electrons. The summed E-state index contributed by atoms with van der Waals surface area (Å²) >= 11 is 0. The number of hydrogen-bond acceptors (Lipinski definition) is 5. The summed E-state index contributed by atoms with van der Waals surface area (Å²) in [5.74, 6) is 0.636. The van der Waals surface area contributed by atoms with E-state index in [1.807, 2.05) is 30.3 Å². The molecule has 29 heavy (non-hydrogen) atoms. The third kappa shape index (κ3) is 5.60. The molecule has 1 aromatic carbocycles. The van der Waals surface area contributed by atoms with Crippen LogP contribution in [0.5, 0.6) is 0 Å². The van der Waals surface area contributed by atoms with Gasteiger partial charge in [-0.2, -0.15) is 0 Å². The summed E-state index contributed by atoms with van der Waals surface area (Å²) in [4.78, 5) is 29.4. The van der Waals surface area contributed by atoms with Crippen LogP contribution in [-0.2, 0) is 13.0 Å². The summed E-state index contributed by atoms with van der Waals surface area (Å²) in [6.45, 7) is 5.60. The molecule has 0 fully saturated rings. The minimum Gasteiger partial charge on any atom is -0.349 e. The number of hydrogen-bond donors (Lipinski definition) is 0. The fourth-order valence-corrected chi connectivity index (χ4v) is 3.03. The molecule has 3 aromatic rings. The van der Waals surface area contributed by atoms with Crippen molar-refractivity contribution in [2.75, 3.05) is 18.5 Å². The predicted octanol–water partition coefficient (Wildman–Crippen LogP) is 3.60. The van der Waals surface area contributed by atoms with E-state index in [4.69, 9.17) is 0 Å². The van der Waals surface area contributed by atoms with Crippen molar-refractivity contribution >= 4 is 11.7 Å². The highest BCUT2D eigenvalue weighted by molar-refractivity contribution is 5.91. The molecule has 0 aliphatic carbocycles. The largest absolute Gasteiger partial charge is 0.349 e. The Hall–Kier alpha value is -3.28. The van der Waals surface area contributed by atoms with E-state index in [9.17, 15) is 4.79 Å². The normalized spacial score (nSPS) is 10.8. The Kier molecular flexibility index (Phi) is 6.89. The summed E-state index contributed by atoms with van der Waals surface area (Å²) in [5.41, 5.74) is 2.71. The summed E-state index contributed by atoms with van der Waals surface area (Å²) in [6.07, 6.45) is 7.55. The fourth-order valence-electron chi connectivity index (χ4n) is 3.03. The molecule has 2 aromatic heterocycles. The molecule has 0 aliphatic rings. The molecule has 150 valence electrons. The average molecular weight is 390 g/mol. The zero-order valence-corrected chi connectivity index (χ0v) is 17.2. The molecule has 6 heteroatoms. The van der Waals surface area contributed by atoms with Crippen molar-refractivity contribution in [3.63, 3.8) is 0 Å². The maximum absolute atomic E-state index is 12.7. The zero-order chi connectivity index (χ0) is 20.6. The number of anilines is 1. The molecule has 0 saturated heterocycles. The Morgan fingerprint density at radius 1 is 0.966 bits per heavy atom. The number of amides is 1. The molecule has 0 aliphatic heterocycles. The van der Waals surface area contributed by atoms with Gasteiger partial charge in [0.15, 0.2) is 0 Å². The Balaban J connectivity index is 1.65. The van der Waals surface area contributed by atoms with Gasteiger partial charge in [-0.1, -0.05) is 30.3 Å². The standard InChI is InChI=1S/C23H27N5O/c1-18(2)28(17-20-7-5-4-6-8-20)22-16-25-21(15-26-22)23(29)27(3)14-11-19-9-12-24-13-10-19/h4-10,12-13,15-16,18H,11,14,17H2,1-3H3. The van der Waals surface area contributed by atoms with E-state index in [1.165, 1.54) is 5.56 Å². The number of pyridine rings is 1. The van der Waals surface area contributed by atoms with Crippen molar-refractivity contribution in [2.24, 2.45) is 0 Å². The van der Waals surface area contributed by atoms with E-state index in [0.29, 0.717) is 12.2 Å². The molecule has 1 amide bonds. The van der Waals surface area contributed by atoms with E-state index in [-0.39, 0.29) is 11.9 Å². The second-order valence-corrected chi connectivity index (χ2v) is 7.30. The number of carbonyl (C=O) groups is 1. The molecule has 0 unspecified atom stereocenters. The van der Waals surface area contributed by atoms with Gasteiger partial charge >= 0.3 is 0 Å². The Bertz CT molecular complexity index is 898. The molecule has 6 nitrogen and oxygen atoms in total. The number of benzene rings is 1. The lowest BCUT2D eigenvalue weighted by atomic mass is 10.2. The second kappa shape index (κ2) is 9.78. The molecule has 0 spiro atoms. The Labute approximate surface area is 172 Å². The highest BCUT2D eigenvalue weighted by atomic mass is 16.2. The Morgan fingerprint density at radius 2 is 1.69 bits per heavy atom. The maximum Gasteiger partial charge on any atom is 0.273 e. The number of aromatic nitrogens is 3. The first-order valence-electron chi connectivity index (χ1n) is 9.81. The van der Waals surface area contributed by atoms with Gasteiger partial charge in [-0.25, -0.2) is 9.97 Å². The molecular formula is C23H27N5O. The first-order valence-corrected chi connectivity index (χ1v) is 9.81. The van der Waals surface area contributed by atoms with Gasteiger partial charge in [0.05, 0.1) is 12.4 Å². The number of likely N-dealkylation sites (N-methyl/N-ethyl adjacent to an activating group) is 1. The third-order valence-electron chi connectivity index (χ3n) is 4.80. The van der Waals surface area contributed by atoms with Gasteiger partial charge in [0.25, 0.3) is 5.91 Å². The van der Waals surface area contributed by atoms with Gasteiger partial charge in [-0.3, -0.25) is 9.78 Å². The summed E-state index contributed by atoms with van der Waals surface area (Å²) in [5, 5.41) is 0. The lowest BCUT2D eigenvalue weighted by molar-refractivity contribution is 0.0790. The van der Waals surface area contributed by atoms with Crippen LogP contribution in [0.2, 0.25) is 0 Å². The maximum atomic E-state index is 12.7. The molecule has 0 atom stereocenters. The lowest BCUT2D eigenvalue weighted by Crippen LogP contribution is -2.32. The van der Waals surface area contributed by atoms with Crippen LogP contribution in [0.4, 0.5) is 5.82 Å². The minimum absolute atomic E-state index is 0.128. The SMILES string of the molecule is CC(C)N(Cc1ccccc1)c1cnc(C(=O)N(C)CCc2ccncc2)cn1. The van der Waals surface area contributed by atoms with E-state index >= 15 is 0 Å². The Morgan fingerprint density at radius 3 is 2.31 bits per heavy atom. The lowest BCUT2D eigenvalue weighted by Gasteiger charge is -2.27. The molecule has 0 bridgehead atoms. The van der Waals surface area contributed by atoms with Gasteiger partial charge in [0, 0.05) is 38.6 Å². The summed E-state index contributed by atoms with van der Waals surface area (Å²) in [6, 6.07) is 14.4. The predicted molar refractivity (Wildman–Crippen MR) is 115 cm³/mol. The van der Waals surface area contributed by atoms with Crippen molar-refractivity contribution in [3.8, 4) is 0 Å². The summed E-state index contributed by atoms with van der Waals surface area (Å²) < 4.78 is 0. The van der Waals surface area contributed by atoms with Crippen LogP contribution in [0.15, 0.2) is 67.3 Å². The van der Waals surface area contributed by atoms with Gasteiger partial charge in [0.1, 0.15) is 11.5 Å². The summed E-state index contributed by atoms with van der Waals surface area (Å²) in [7, 11) is 1.79. The molecule has 3 rings (SSSR count). The van der Waals surface area contributed by atoms with Gasteiger partial charge in [-0.05, 0) is 43.5 Å². The first kappa shape index (κ1) is 20.5. The van der Waals surface area contributed by atoms with Crippen LogP contribution in [0, 0.1) is 0 Å². The highest BCUT2D eigenvalue weighted by Gasteiger charge is 2.17. The van der Waals surface area contributed by atoms with Gasteiger partial charge in [-0.15, -0.1) is 0 Å². The number of rotatable bonds is 8. The molecular weight excluding hydrogens is 362 g/mol. The quantitative estimate of drug-likeness (QED) is 0.589. The highest BCUT2D eigenvalue weighted by Crippen LogP contribution is 2.17. The topological polar surface area (TPSA) is 62.2 Å². The average Bonchev–Trinajstić information content (AvgIpc) is 2.76. The van der Waals surface area contributed by atoms with Crippen LogP contribution in [0.3, 0.4) is 0 Å².